The van der Waals surface area contributed by atoms with Crippen LogP contribution < -0.4 is 10.6 Å². The SMILES string of the molecule is CC1(CNC(=O)Nc2ccccc2C(=O)O)CCCC1. The average molecular weight is 276 g/mol. The van der Waals surface area contributed by atoms with E-state index in [9.17, 15) is 9.59 Å². The average Bonchev–Trinajstić information content (AvgIpc) is 2.84. The Morgan fingerprint density at radius 1 is 1.25 bits per heavy atom. The molecule has 0 radical (unpaired) electrons. The molecule has 1 fully saturated rings. The van der Waals surface area contributed by atoms with E-state index in [1.807, 2.05) is 0 Å². The summed E-state index contributed by atoms with van der Waals surface area (Å²) < 4.78 is 0. The number of aromatic carboxylic acids is 1. The van der Waals surface area contributed by atoms with Crippen molar-refractivity contribution >= 4 is 17.7 Å². The van der Waals surface area contributed by atoms with Crippen LogP contribution in [-0.2, 0) is 0 Å². The van der Waals surface area contributed by atoms with Crippen molar-refractivity contribution in [3.63, 3.8) is 0 Å². The van der Waals surface area contributed by atoms with Crippen LogP contribution in [0.5, 0.6) is 0 Å². The standard InChI is InChI=1S/C15H20N2O3/c1-15(8-4-5-9-15)10-16-14(20)17-12-7-3-2-6-11(12)13(18)19/h2-3,6-7H,4-5,8-10H2,1H3,(H,18,19)(H2,16,17,20). The highest BCUT2D eigenvalue weighted by Gasteiger charge is 2.28. The molecule has 108 valence electrons. The summed E-state index contributed by atoms with van der Waals surface area (Å²) in [5.74, 6) is -1.05. The van der Waals surface area contributed by atoms with Gasteiger partial charge in [0.2, 0.25) is 0 Å². The summed E-state index contributed by atoms with van der Waals surface area (Å²) >= 11 is 0. The second kappa shape index (κ2) is 5.94. The van der Waals surface area contributed by atoms with Crippen LogP contribution in [0.4, 0.5) is 10.5 Å². The maximum Gasteiger partial charge on any atom is 0.337 e. The van der Waals surface area contributed by atoms with Crippen molar-refractivity contribution in [1.82, 2.24) is 5.32 Å². The van der Waals surface area contributed by atoms with E-state index < -0.39 is 5.97 Å². The molecule has 1 aromatic rings. The minimum Gasteiger partial charge on any atom is -0.478 e. The zero-order valence-electron chi connectivity index (χ0n) is 11.6. The first-order valence-electron chi connectivity index (χ1n) is 6.87. The van der Waals surface area contributed by atoms with E-state index in [2.05, 4.69) is 17.6 Å². The number of carbonyl (C=O) groups is 2. The van der Waals surface area contributed by atoms with E-state index in [1.54, 1.807) is 18.2 Å². The van der Waals surface area contributed by atoms with Gasteiger partial charge >= 0.3 is 12.0 Å². The molecule has 0 aromatic heterocycles. The maximum atomic E-state index is 11.9. The lowest BCUT2D eigenvalue weighted by molar-refractivity contribution is 0.0698. The summed E-state index contributed by atoms with van der Waals surface area (Å²) in [4.78, 5) is 22.9. The van der Waals surface area contributed by atoms with Gasteiger partial charge in [-0.3, -0.25) is 0 Å². The lowest BCUT2D eigenvalue weighted by Crippen LogP contribution is -2.37. The van der Waals surface area contributed by atoms with Crippen molar-refractivity contribution in [2.24, 2.45) is 5.41 Å². The summed E-state index contributed by atoms with van der Waals surface area (Å²) in [5, 5.41) is 14.5. The Labute approximate surface area is 118 Å². The van der Waals surface area contributed by atoms with E-state index in [4.69, 9.17) is 5.11 Å². The van der Waals surface area contributed by atoms with E-state index in [-0.39, 0.29) is 17.0 Å². The van der Waals surface area contributed by atoms with Crippen molar-refractivity contribution in [2.75, 3.05) is 11.9 Å². The van der Waals surface area contributed by atoms with Gasteiger partial charge in [0.05, 0.1) is 11.3 Å². The van der Waals surface area contributed by atoms with E-state index in [1.165, 1.54) is 18.9 Å². The second-order valence-electron chi connectivity index (χ2n) is 5.68. The Kier molecular flexibility index (Phi) is 4.27. The number of carboxylic acid groups (broad SMARTS) is 1. The molecule has 0 heterocycles. The molecule has 1 saturated carbocycles. The predicted molar refractivity (Wildman–Crippen MR) is 77.0 cm³/mol. The Balaban J connectivity index is 1.93. The Hall–Kier alpha value is -2.04. The second-order valence-corrected chi connectivity index (χ2v) is 5.68. The number of hydrogen-bond acceptors (Lipinski definition) is 2. The van der Waals surface area contributed by atoms with Crippen molar-refractivity contribution in [2.45, 2.75) is 32.6 Å². The number of amides is 2. The number of benzene rings is 1. The van der Waals surface area contributed by atoms with Crippen LogP contribution in [0.1, 0.15) is 43.0 Å². The molecule has 0 aliphatic heterocycles. The minimum atomic E-state index is -1.05. The molecule has 0 saturated heterocycles. The summed E-state index contributed by atoms with van der Waals surface area (Å²) in [6, 6.07) is 6.02. The fourth-order valence-electron chi connectivity index (χ4n) is 2.64. The van der Waals surface area contributed by atoms with Gasteiger partial charge in [-0.1, -0.05) is 31.9 Å². The Bertz CT molecular complexity index is 508. The topological polar surface area (TPSA) is 78.4 Å². The van der Waals surface area contributed by atoms with Gasteiger partial charge in [-0.2, -0.15) is 0 Å². The highest BCUT2D eigenvalue weighted by molar-refractivity contribution is 5.99. The largest absolute Gasteiger partial charge is 0.478 e. The number of urea groups is 1. The lowest BCUT2D eigenvalue weighted by atomic mass is 9.89. The summed E-state index contributed by atoms with van der Waals surface area (Å²) in [5.41, 5.74) is 0.577. The first-order valence-corrected chi connectivity index (χ1v) is 6.87. The van der Waals surface area contributed by atoms with Crippen LogP contribution in [0.3, 0.4) is 0 Å². The predicted octanol–water partition coefficient (Wildman–Crippen LogP) is 3.09. The molecule has 0 spiro atoms. The molecular weight excluding hydrogens is 256 g/mol. The van der Waals surface area contributed by atoms with Gasteiger partial charge in [-0.15, -0.1) is 0 Å². The molecule has 0 bridgehead atoms. The Morgan fingerprint density at radius 2 is 1.90 bits per heavy atom. The third-order valence-electron chi connectivity index (χ3n) is 3.89. The van der Waals surface area contributed by atoms with Crippen molar-refractivity contribution in [3.05, 3.63) is 29.8 Å². The molecule has 0 atom stereocenters. The molecule has 1 aliphatic rings. The fraction of sp³-hybridized carbons (Fsp3) is 0.467. The summed E-state index contributed by atoms with van der Waals surface area (Å²) in [6.07, 6.45) is 4.67. The Morgan fingerprint density at radius 3 is 2.55 bits per heavy atom. The highest BCUT2D eigenvalue weighted by atomic mass is 16.4. The molecule has 2 rings (SSSR count). The third-order valence-corrected chi connectivity index (χ3v) is 3.89. The van der Waals surface area contributed by atoms with Crippen LogP contribution in [0.25, 0.3) is 0 Å². The first kappa shape index (κ1) is 14.4. The fourth-order valence-corrected chi connectivity index (χ4v) is 2.64. The maximum absolute atomic E-state index is 11.9. The van der Waals surface area contributed by atoms with Crippen LogP contribution >= 0.6 is 0 Å². The first-order chi connectivity index (χ1) is 9.50. The zero-order chi connectivity index (χ0) is 14.6. The molecule has 2 amide bonds. The number of hydrogen-bond donors (Lipinski definition) is 3. The minimum absolute atomic E-state index is 0.0923. The zero-order valence-corrected chi connectivity index (χ0v) is 11.6. The molecule has 0 unspecified atom stereocenters. The molecule has 1 aliphatic carbocycles. The van der Waals surface area contributed by atoms with Gasteiger partial charge in [0.15, 0.2) is 0 Å². The van der Waals surface area contributed by atoms with E-state index in [0.29, 0.717) is 12.2 Å². The smallest absolute Gasteiger partial charge is 0.337 e. The number of anilines is 1. The third kappa shape index (κ3) is 3.50. The normalized spacial score (nSPS) is 16.6. The number of nitrogens with one attached hydrogen (secondary N) is 2. The van der Waals surface area contributed by atoms with Crippen molar-refractivity contribution < 1.29 is 14.7 Å². The van der Waals surface area contributed by atoms with Gasteiger partial charge in [0.25, 0.3) is 0 Å². The molecule has 20 heavy (non-hydrogen) atoms. The van der Waals surface area contributed by atoms with Crippen LogP contribution in [0.15, 0.2) is 24.3 Å². The van der Waals surface area contributed by atoms with Gasteiger partial charge in [0.1, 0.15) is 0 Å². The number of para-hydroxylation sites is 1. The lowest BCUT2D eigenvalue weighted by Gasteiger charge is -2.23. The summed E-state index contributed by atoms with van der Waals surface area (Å²) in [6.45, 7) is 2.79. The van der Waals surface area contributed by atoms with Crippen molar-refractivity contribution in [3.8, 4) is 0 Å². The quantitative estimate of drug-likeness (QED) is 0.790. The molecular formula is C15H20N2O3. The number of carboxylic acids is 1. The van der Waals surface area contributed by atoms with Crippen LogP contribution in [0.2, 0.25) is 0 Å². The molecule has 5 nitrogen and oxygen atoms in total. The van der Waals surface area contributed by atoms with E-state index >= 15 is 0 Å². The molecule has 1 aromatic carbocycles. The van der Waals surface area contributed by atoms with Crippen molar-refractivity contribution in [1.29, 1.82) is 0 Å². The van der Waals surface area contributed by atoms with Gasteiger partial charge < -0.3 is 15.7 Å². The number of rotatable bonds is 4. The highest BCUT2D eigenvalue weighted by Crippen LogP contribution is 2.36. The van der Waals surface area contributed by atoms with Gasteiger partial charge in [-0.25, -0.2) is 9.59 Å². The number of carbonyl (C=O) groups excluding carboxylic acids is 1. The molecule has 5 heteroatoms. The summed E-state index contributed by atoms with van der Waals surface area (Å²) in [7, 11) is 0. The van der Waals surface area contributed by atoms with Gasteiger partial charge in [-0.05, 0) is 30.4 Å². The molecule has 3 N–H and O–H groups in total. The van der Waals surface area contributed by atoms with E-state index in [0.717, 1.165) is 12.8 Å². The monoisotopic (exact) mass is 276 g/mol. The van der Waals surface area contributed by atoms with Crippen LogP contribution in [0, 0.1) is 5.41 Å². The van der Waals surface area contributed by atoms with Crippen LogP contribution in [-0.4, -0.2) is 23.7 Å². The van der Waals surface area contributed by atoms with Gasteiger partial charge in [0, 0.05) is 6.54 Å².